The normalized spacial score (nSPS) is 11.1. The molecule has 0 saturated carbocycles. The molecule has 0 saturated heterocycles. The lowest BCUT2D eigenvalue weighted by molar-refractivity contribution is -0.132. The van der Waals surface area contributed by atoms with Crippen molar-refractivity contribution in [2.75, 3.05) is 0 Å². The fraction of sp³-hybridized carbons (Fsp3) is 0.0476. The maximum Gasteiger partial charge on any atom is 0.346 e. The van der Waals surface area contributed by atoms with Crippen LogP contribution in [0.4, 0.5) is 0 Å². The number of benzene rings is 3. The van der Waals surface area contributed by atoms with Gasteiger partial charge in [0, 0.05) is 0 Å². The number of nitrogens with zero attached hydrogens (tertiary/aromatic N) is 1. The SMILES string of the molecule is N#CC(=Cc1ccc(OCc2cccc3ccccc23)cc1)C(=O)O. The molecule has 0 atom stereocenters. The van der Waals surface area contributed by atoms with Crippen LogP contribution in [0.3, 0.4) is 0 Å². The van der Waals surface area contributed by atoms with Gasteiger partial charge in [-0.15, -0.1) is 0 Å². The Balaban J connectivity index is 1.74. The van der Waals surface area contributed by atoms with Crippen LogP contribution < -0.4 is 4.74 Å². The number of nitriles is 1. The molecular weight excluding hydrogens is 314 g/mol. The summed E-state index contributed by atoms with van der Waals surface area (Å²) in [4.78, 5) is 10.9. The molecule has 0 bridgehead atoms. The first-order valence-corrected chi connectivity index (χ1v) is 7.72. The standard InChI is InChI=1S/C21H15NO3/c22-13-18(21(23)24)12-15-8-10-19(11-9-15)25-14-17-6-3-5-16-4-1-2-7-20(16)17/h1-12H,14H2,(H,23,24). The Labute approximate surface area is 145 Å². The molecule has 0 radical (unpaired) electrons. The van der Waals surface area contributed by atoms with Crippen molar-refractivity contribution in [1.82, 2.24) is 0 Å². The Bertz CT molecular complexity index is 977. The van der Waals surface area contributed by atoms with E-state index in [1.54, 1.807) is 30.3 Å². The zero-order valence-corrected chi connectivity index (χ0v) is 13.3. The molecular formula is C21H15NO3. The zero-order chi connectivity index (χ0) is 17.6. The van der Waals surface area contributed by atoms with Gasteiger partial charge in [-0.1, -0.05) is 54.6 Å². The third-order valence-corrected chi connectivity index (χ3v) is 3.82. The van der Waals surface area contributed by atoms with Crippen molar-refractivity contribution >= 4 is 22.8 Å². The smallest absolute Gasteiger partial charge is 0.346 e. The topological polar surface area (TPSA) is 70.3 Å². The van der Waals surface area contributed by atoms with Crippen LogP contribution >= 0.6 is 0 Å². The molecule has 3 aromatic rings. The van der Waals surface area contributed by atoms with Crippen molar-refractivity contribution in [3.63, 3.8) is 0 Å². The molecule has 1 N–H and O–H groups in total. The summed E-state index contributed by atoms with van der Waals surface area (Å²) >= 11 is 0. The van der Waals surface area contributed by atoms with Crippen molar-refractivity contribution in [3.8, 4) is 11.8 Å². The summed E-state index contributed by atoms with van der Waals surface area (Å²) in [5.41, 5.74) is 1.43. The number of carboxylic acids is 1. The lowest BCUT2D eigenvalue weighted by Crippen LogP contribution is -1.98. The third-order valence-electron chi connectivity index (χ3n) is 3.82. The van der Waals surface area contributed by atoms with Crippen LogP contribution in [0.15, 0.2) is 72.3 Å². The van der Waals surface area contributed by atoms with Gasteiger partial charge in [0.2, 0.25) is 0 Å². The minimum Gasteiger partial charge on any atom is -0.489 e. The molecule has 0 unspecified atom stereocenters. The average Bonchev–Trinajstić information content (AvgIpc) is 2.65. The summed E-state index contributed by atoms with van der Waals surface area (Å²) in [5.74, 6) is -0.558. The zero-order valence-electron chi connectivity index (χ0n) is 13.3. The summed E-state index contributed by atoms with van der Waals surface area (Å²) in [6.45, 7) is 0.440. The van der Waals surface area contributed by atoms with Crippen LogP contribution in [0.5, 0.6) is 5.75 Å². The molecule has 0 spiro atoms. The molecule has 0 heterocycles. The maximum absolute atomic E-state index is 10.9. The van der Waals surface area contributed by atoms with E-state index in [0.29, 0.717) is 17.9 Å². The van der Waals surface area contributed by atoms with Crippen LogP contribution in [0, 0.1) is 11.3 Å². The Morgan fingerprint density at radius 1 is 1.04 bits per heavy atom. The highest BCUT2D eigenvalue weighted by Crippen LogP contribution is 2.21. The summed E-state index contributed by atoms with van der Waals surface area (Å²) in [6, 6.07) is 22.9. The largest absolute Gasteiger partial charge is 0.489 e. The first kappa shape index (κ1) is 16.3. The molecule has 3 rings (SSSR count). The van der Waals surface area contributed by atoms with Gasteiger partial charge in [-0.25, -0.2) is 4.79 Å². The van der Waals surface area contributed by atoms with Gasteiger partial charge in [-0.2, -0.15) is 5.26 Å². The molecule has 0 aliphatic rings. The number of ether oxygens (including phenoxy) is 1. The van der Waals surface area contributed by atoms with Crippen LogP contribution in [-0.4, -0.2) is 11.1 Å². The van der Waals surface area contributed by atoms with E-state index in [9.17, 15) is 4.79 Å². The highest BCUT2D eigenvalue weighted by Gasteiger charge is 2.06. The second kappa shape index (κ2) is 7.33. The van der Waals surface area contributed by atoms with Crippen LogP contribution in [0.2, 0.25) is 0 Å². The number of hydrogen-bond acceptors (Lipinski definition) is 3. The molecule has 0 amide bonds. The monoisotopic (exact) mass is 329 g/mol. The second-order valence-electron chi connectivity index (χ2n) is 5.47. The fourth-order valence-corrected chi connectivity index (χ4v) is 2.55. The maximum atomic E-state index is 10.9. The molecule has 25 heavy (non-hydrogen) atoms. The summed E-state index contributed by atoms with van der Waals surface area (Å²) in [6.07, 6.45) is 1.33. The second-order valence-corrected chi connectivity index (χ2v) is 5.47. The average molecular weight is 329 g/mol. The molecule has 122 valence electrons. The van der Waals surface area contributed by atoms with Gasteiger partial charge >= 0.3 is 5.97 Å². The molecule has 0 aliphatic heterocycles. The van der Waals surface area contributed by atoms with Crippen molar-refractivity contribution in [1.29, 1.82) is 5.26 Å². The summed E-state index contributed by atoms with van der Waals surface area (Å²) < 4.78 is 5.83. The first-order valence-electron chi connectivity index (χ1n) is 7.72. The van der Waals surface area contributed by atoms with E-state index in [-0.39, 0.29) is 5.57 Å². The third kappa shape index (κ3) is 3.85. The first-order chi connectivity index (χ1) is 12.2. The Morgan fingerprint density at radius 2 is 1.76 bits per heavy atom. The lowest BCUT2D eigenvalue weighted by Gasteiger charge is -2.09. The number of rotatable bonds is 5. The van der Waals surface area contributed by atoms with Crippen molar-refractivity contribution < 1.29 is 14.6 Å². The number of carbonyl (C=O) groups is 1. The molecule has 0 fully saturated rings. The number of aliphatic carboxylic acids is 1. The Hall–Kier alpha value is -3.58. The van der Waals surface area contributed by atoms with Gasteiger partial charge in [0.05, 0.1) is 0 Å². The van der Waals surface area contributed by atoms with E-state index in [1.165, 1.54) is 11.5 Å². The number of hydrogen-bond donors (Lipinski definition) is 1. The minimum atomic E-state index is -1.24. The van der Waals surface area contributed by atoms with E-state index < -0.39 is 5.97 Å². The van der Waals surface area contributed by atoms with Crippen molar-refractivity contribution in [2.45, 2.75) is 6.61 Å². The van der Waals surface area contributed by atoms with Crippen molar-refractivity contribution in [2.24, 2.45) is 0 Å². The van der Waals surface area contributed by atoms with Gasteiger partial charge in [0.1, 0.15) is 24.0 Å². The van der Waals surface area contributed by atoms with E-state index in [0.717, 1.165) is 10.9 Å². The van der Waals surface area contributed by atoms with Crippen LogP contribution in [0.25, 0.3) is 16.8 Å². The van der Waals surface area contributed by atoms with Gasteiger partial charge in [0.15, 0.2) is 0 Å². The quantitative estimate of drug-likeness (QED) is 0.556. The van der Waals surface area contributed by atoms with Gasteiger partial charge in [0.25, 0.3) is 0 Å². The van der Waals surface area contributed by atoms with Crippen LogP contribution in [-0.2, 0) is 11.4 Å². The lowest BCUT2D eigenvalue weighted by atomic mass is 10.1. The van der Waals surface area contributed by atoms with Gasteiger partial charge < -0.3 is 9.84 Å². The highest BCUT2D eigenvalue weighted by atomic mass is 16.5. The molecule has 0 aliphatic carbocycles. The molecule has 0 aromatic heterocycles. The van der Waals surface area contributed by atoms with E-state index >= 15 is 0 Å². The van der Waals surface area contributed by atoms with Crippen molar-refractivity contribution in [3.05, 3.63) is 83.4 Å². The number of fused-ring (bicyclic) bond motifs is 1. The van der Waals surface area contributed by atoms with E-state index in [2.05, 4.69) is 18.2 Å². The number of carboxylic acid groups (broad SMARTS) is 1. The predicted molar refractivity (Wildman–Crippen MR) is 95.9 cm³/mol. The molecule has 4 heteroatoms. The van der Waals surface area contributed by atoms with Gasteiger partial charge in [-0.05, 0) is 40.1 Å². The summed E-state index contributed by atoms with van der Waals surface area (Å²) in [7, 11) is 0. The Kier molecular flexibility index (Phi) is 4.77. The fourth-order valence-electron chi connectivity index (χ4n) is 2.55. The highest BCUT2D eigenvalue weighted by molar-refractivity contribution is 5.96. The van der Waals surface area contributed by atoms with Gasteiger partial charge in [-0.3, -0.25) is 0 Å². The van der Waals surface area contributed by atoms with E-state index in [1.807, 2.05) is 24.3 Å². The minimum absolute atomic E-state index is 0.301. The predicted octanol–water partition coefficient (Wildman–Crippen LogP) is 4.41. The van der Waals surface area contributed by atoms with Crippen LogP contribution in [0.1, 0.15) is 11.1 Å². The molecule has 3 aromatic carbocycles. The summed E-state index contributed by atoms with van der Waals surface area (Å²) in [5, 5.41) is 20.0. The van der Waals surface area contributed by atoms with E-state index in [4.69, 9.17) is 15.1 Å². The Morgan fingerprint density at radius 3 is 2.48 bits per heavy atom. The molecule has 4 nitrogen and oxygen atoms in total.